The Kier molecular flexibility index (Phi) is 6.63. The fourth-order valence-corrected chi connectivity index (χ4v) is 3.21. The summed E-state index contributed by atoms with van der Waals surface area (Å²) in [5, 5.41) is 19.4. The molecule has 2 rings (SSSR count). The van der Waals surface area contributed by atoms with Gasteiger partial charge in [0.1, 0.15) is 12.7 Å². The van der Waals surface area contributed by atoms with Crippen LogP contribution in [-0.4, -0.2) is 62.2 Å². The van der Waals surface area contributed by atoms with E-state index >= 15 is 0 Å². The van der Waals surface area contributed by atoms with Crippen LogP contribution in [0.5, 0.6) is 0 Å². The molecule has 0 aliphatic heterocycles. The second-order valence-corrected chi connectivity index (χ2v) is 6.61. The average Bonchev–Trinajstić information content (AvgIpc) is 2.93. The van der Waals surface area contributed by atoms with Gasteiger partial charge in [-0.1, -0.05) is 5.16 Å². The Bertz CT molecular complexity index is 460. The Morgan fingerprint density at radius 3 is 3.14 bits per heavy atom. The number of oxime groups is 1. The summed E-state index contributed by atoms with van der Waals surface area (Å²) in [6, 6.07) is 2.11. The molecule has 0 amide bonds. The first-order chi connectivity index (χ1) is 10.2. The monoisotopic (exact) mass is 311 g/mol. The van der Waals surface area contributed by atoms with E-state index in [0.717, 1.165) is 38.1 Å². The van der Waals surface area contributed by atoms with Crippen molar-refractivity contribution < 1.29 is 9.94 Å². The van der Waals surface area contributed by atoms with Crippen molar-refractivity contribution in [1.29, 1.82) is 0 Å². The molecule has 1 aromatic heterocycles. The number of nitrogens with zero attached hydrogens (tertiary/aromatic N) is 2. The minimum absolute atomic E-state index is 0.234. The van der Waals surface area contributed by atoms with Gasteiger partial charge in [0.2, 0.25) is 0 Å². The third kappa shape index (κ3) is 5.39. The third-order valence-corrected chi connectivity index (χ3v) is 4.41. The maximum absolute atomic E-state index is 9.83. The number of thiophene rings is 1. The Morgan fingerprint density at radius 1 is 1.48 bits per heavy atom. The van der Waals surface area contributed by atoms with E-state index in [0.29, 0.717) is 6.54 Å². The highest BCUT2D eigenvalue weighted by atomic mass is 32.1. The molecule has 0 fully saturated rings. The third-order valence-electron chi connectivity index (χ3n) is 3.43. The van der Waals surface area contributed by atoms with Crippen molar-refractivity contribution in [2.45, 2.75) is 25.4 Å². The van der Waals surface area contributed by atoms with Gasteiger partial charge in [-0.15, -0.1) is 11.3 Å². The largest absolute Gasteiger partial charge is 0.393 e. The van der Waals surface area contributed by atoms with Crippen LogP contribution >= 0.6 is 11.3 Å². The lowest BCUT2D eigenvalue weighted by atomic mass is 9.97. The van der Waals surface area contributed by atoms with Gasteiger partial charge in [-0.25, -0.2) is 0 Å². The van der Waals surface area contributed by atoms with E-state index < -0.39 is 6.10 Å². The zero-order valence-corrected chi connectivity index (χ0v) is 13.7. The van der Waals surface area contributed by atoms with Crippen LogP contribution < -0.4 is 5.32 Å². The van der Waals surface area contributed by atoms with Crippen LogP contribution in [0.3, 0.4) is 0 Å². The second kappa shape index (κ2) is 8.48. The van der Waals surface area contributed by atoms with E-state index in [4.69, 9.17) is 4.84 Å². The fourth-order valence-electron chi connectivity index (χ4n) is 2.27. The normalized spacial score (nSPS) is 18.0. The first-order valence-corrected chi connectivity index (χ1v) is 8.34. The minimum Gasteiger partial charge on any atom is -0.393 e. The number of likely N-dealkylation sites (N-methyl/N-ethyl adjacent to an activating group) is 1. The minimum atomic E-state index is -0.526. The first-order valence-electron chi connectivity index (χ1n) is 7.46. The summed E-state index contributed by atoms with van der Waals surface area (Å²) in [7, 11) is 4.06. The van der Waals surface area contributed by atoms with Gasteiger partial charge in [-0.2, -0.15) is 0 Å². The van der Waals surface area contributed by atoms with E-state index in [1.807, 2.05) is 14.1 Å². The zero-order chi connectivity index (χ0) is 15.1. The molecule has 21 heavy (non-hydrogen) atoms. The topological polar surface area (TPSA) is 57.1 Å². The maximum Gasteiger partial charge on any atom is 0.144 e. The van der Waals surface area contributed by atoms with Crippen molar-refractivity contribution in [3.05, 3.63) is 21.9 Å². The van der Waals surface area contributed by atoms with E-state index in [9.17, 15) is 5.11 Å². The molecule has 0 saturated carbocycles. The first kappa shape index (κ1) is 16.4. The highest BCUT2D eigenvalue weighted by molar-refractivity contribution is 7.10. The maximum atomic E-state index is 9.83. The number of fused-ring (bicyclic) bond motifs is 1. The molecular formula is C15H25N3O2S. The smallest absolute Gasteiger partial charge is 0.144 e. The van der Waals surface area contributed by atoms with Gasteiger partial charge in [0.25, 0.3) is 0 Å². The lowest BCUT2D eigenvalue weighted by molar-refractivity contribution is 0.0400. The lowest BCUT2D eigenvalue weighted by Crippen LogP contribution is -2.34. The van der Waals surface area contributed by atoms with Crippen molar-refractivity contribution in [2.24, 2.45) is 5.16 Å². The predicted octanol–water partition coefficient (Wildman–Crippen LogP) is 1.32. The molecule has 0 radical (unpaired) electrons. The molecule has 1 heterocycles. The number of hydrogen-bond donors (Lipinski definition) is 2. The quantitative estimate of drug-likeness (QED) is 0.561. The average molecular weight is 311 g/mol. The van der Waals surface area contributed by atoms with Gasteiger partial charge in [0.05, 0.1) is 5.71 Å². The molecule has 0 spiro atoms. The van der Waals surface area contributed by atoms with E-state index in [1.165, 1.54) is 10.4 Å². The molecule has 2 N–H and O–H groups in total. The molecule has 0 saturated heterocycles. The number of aliphatic hydroxyl groups excluding tert-OH is 1. The molecule has 5 nitrogen and oxygen atoms in total. The van der Waals surface area contributed by atoms with Gasteiger partial charge in [0, 0.05) is 30.1 Å². The summed E-state index contributed by atoms with van der Waals surface area (Å²) in [6.45, 7) is 2.58. The van der Waals surface area contributed by atoms with E-state index in [-0.39, 0.29) is 6.61 Å². The van der Waals surface area contributed by atoms with Gasteiger partial charge in [0.15, 0.2) is 0 Å². The molecule has 1 unspecified atom stereocenters. The van der Waals surface area contributed by atoms with Crippen LogP contribution in [0.1, 0.15) is 23.3 Å². The number of nitrogens with one attached hydrogen (secondary N) is 1. The summed E-state index contributed by atoms with van der Waals surface area (Å²) >= 11 is 1.78. The summed E-state index contributed by atoms with van der Waals surface area (Å²) in [5.41, 5.74) is 2.25. The van der Waals surface area contributed by atoms with Crippen LogP contribution in [0.2, 0.25) is 0 Å². The SMILES string of the molecule is CN(C)CCNCC(O)CO/N=C1\CCCc2sccc21. The molecule has 0 bridgehead atoms. The summed E-state index contributed by atoms with van der Waals surface area (Å²) < 4.78 is 0. The van der Waals surface area contributed by atoms with Crippen LogP contribution in [0.4, 0.5) is 0 Å². The molecular weight excluding hydrogens is 286 g/mol. The summed E-state index contributed by atoms with van der Waals surface area (Å²) in [5.74, 6) is 0. The Morgan fingerprint density at radius 2 is 2.33 bits per heavy atom. The van der Waals surface area contributed by atoms with Gasteiger partial charge in [-0.05, 0) is 44.8 Å². The summed E-state index contributed by atoms with van der Waals surface area (Å²) in [6.07, 6.45) is 2.71. The fraction of sp³-hybridized carbons (Fsp3) is 0.667. The number of aliphatic hydroxyl groups is 1. The summed E-state index contributed by atoms with van der Waals surface area (Å²) in [4.78, 5) is 8.83. The van der Waals surface area contributed by atoms with Crippen LogP contribution in [-0.2, 0) is 11.3 Å². The van der Waals surface area contributed by atoms with Gasteiger partial charge in [-0.3, -0.25) is 0 Å². The van der Waals surface area contributed by atoms with E-state index in [2.05, 4.69) is 26.8 Å². The molecule has 1 atom stereocenters. The van der Waals surface area contributed by atoms with Crippen molar-refractivity contribution in [3.63, 3.8) is 0 Å². The Labute approximate surface area is 130 Å². The van der Waals surface area contributed by atoms with Crippen molar-refractivity contribution in [1.82, 2.24) is 10.2 Å². The molecule has 6 heteroatoms. The van der Waals surface area contributed by atoms with Crippen LogP contribution in [0.25, 0.3) is 0 Å². The highest BCUT2D eigenvalue weighted by Crippen LogP contribution is 2.26. The standard InChI is InChI=1S/C15H25N3O2S/c1-18(2)8-7-16-10-12(19)11-20-17-14-4-3-5-15-13(14)6-9-21-15/h6,9,12,16,19H,3-5,7-8,10-11H2,1-2H3/b17-14+. The van der Waals surface area contributed by atoms with Crippen molar-refractivity contribution in [2.75, 3.05) is 40.3 Å². The Balaban J connectivity index is 1.68. The van der Waals surface area contributed by atoms with Crippen molar-refractivity contribution in [3.8, 4) is 0 Å². The molecule has 1 aliphatic carbocycles. The van der Waals surface area contributed by atoms with Crippen molar-refractivity contribution >= 4 is 17.0 Å². The Hall–Kier alpha value is -0.950. The molecule has 1 aliphatic rings. The lowest BCUT2D eigenvalue weighted by Gasteiger charge is -2.15. The van der Waals surface area contributed by atoms with Crippen LogP contribution in [0, 0.1) is 0 Å². The van der Waals surface area contributed by atoms with Gasteiger partial charge >= 0.3 is 0 Å². The number of hydrogen-bond acceptors (Lipinski definition) is 6. The van der Waals surface area contributed by atoms with Crippen LogP contribution in [0.15, 0.2) is 16.6 Å². The number of rotatable bonds is 8. The second-order valence-electron chi connectivity index (χ2n) is 5.61. The number of aryl methyl sites for hydroxylation is 1. The highest BCUT2D eigenvalue weighted by Gasteiger charge is 2.17. The zero-order valence-electron chi connectivity index (χ0n) is 12.8. The predicted molar refractivity (Wildman–Crippen MR) is 87.2 cm³/mol. The van der Waals surface area contributed by atoms with Gasteiger partial charge < -0.3 is 20.2 Å². The molecule has 118 valence electrons. The molecule has 1 aromatic rings. The molecule has 0 aromatic carbocycles. The van der Waals surface area contributed by atoms with E-state index in [1.54, 1.807) is 11.3 Å².